The number of methoxy groups -OCH3 is 2. The van der Waals surface area contributed by atoms with E-state index in [1.807, 2.05) is 18.2 Å². The fourth-order valence-corrected chi connectivity index (χ4v) is 0.882. The van der Waals surface area contributed by atoms with Gasteiger partial charge in [0.05, 0.1) is 20.0 Å². The molecule has 1 aromatic carbocycles. The molecule has 0 N–H and O–H groups in total. The van der Waals surface area contributed by atoms with Gasteiger partial charge < -0.3 is 9.47 Å². The van der Waals surface area contributed by atoms with Crippen LogP contribution in [0.5, 0.6) is 11.5 Å². The van der Waals surface area contributed by atoms with Crippen LogP contribution in [-0.2, 0) is 19.5 Å². The molecular formula is C9H12BrO2Zn-. The number of benzene rings is 1. The molecule has 2 nitrogen and oxygen atoms in total. The summed E-state index contributed by atoms with van der Waals surface area (Å²) < 4.78 is 10.0. The number of hydrogen-bond acceptors (Lipinski definition) is 2. The Morgan fingerprint density at radius 3 is 2.15 bits per heavy atom. The molecule has 0 radical (unpaired) electrons. The van der Waals surface area contributed by atoms with Gasteiger partial charge in [-0.2, -0.15) is 12.5 Å². The molecule has 0 aromatic heterocycles. The first kappa shape index (κ1) is 15.3. The molecule has 0 saturated heterocycles. The van der Waals surface area contributed by atoms with Gasteiger partial charge in [-0.25, -0.2) is 0 Å². The van der Waals surface area contributed by atoms with E-state index in [0.29, 0.717) is 0 Å². The van der Waals surface area contributed by atoms with E-state index < -0.39 is 0 Å². The molecule has 70 valence electrons. The maximum Gasteiger partial charge on any atom is 0.0759 e. The number of rotatable bonds is 2. The Morgan fingerprint density at radius 2 is 1.77 bits per heavy atom. The fraction of sp³-hybridized carbons (Fsp3) is 0.222. The van der Waals surface area contributed by atoms with Crippen LogP contribution < -0.4 is 9.47 Å². The van der Waals surface area contributed by atoms with Crippen LogP contribution in [0.25, 0.3) is 0 Å². The zero-order valence-electron chi connectivity index (χ0n) is 7.87. The van der Waals surface area contributed by atoms with Crippen molar-refractivity contribution in [2.24, 2.45) is 0 Å². The normalized spacial score (nSPS) is 7.85. The molecule has 0 saturated carbocycles. The Balaban J connectivity index is 0. The van der Waals surface area contributed by atoms with Gasteiger partial charge in [-0.15, -0.1) is 23.0 Å². The minimum absolute atomic E-state index is 0. The van der Waals surface area contributed by atoms with E-state index >= 15 is 0 Å². The number of hydrogen-bond donors (Lipinski definition) is 0. The molecule has 0 bridgehead atoms. The van der Waals surface area contributed by atoms with E-state index in [-0.39, 0.29) is 36.5 Å². The third-order valence-electron chi connectivity index (χ3n) is 1.49. The molecule has 0 atom stereocenters. The van der Waals surface area contributed by atoms with Crippen LogP contribution in [-0.4, -0.2) is 14.2 Å². The molecule has 0 aliphatic heterocycles. The summed E-state index contributed by atoms with van der Waals surface area (Å²) in [6.45, 7) is 3.79. The zero-order chi connectivity index (χ0) is 8.27. The molecule has 0 aliphatic carbocycles. The first-order valence-corrected chi connectivity index (χ1v) is 3.32. The largest absolute Gasteiger partial charge is 0.554 e. The van der Waals surface area contributed by atoms with Crippen LogP contribution in [0.4, 0.5) is 0 Å². The monoisotopic (exact) mass is 295 g/mol. The molecule has 4 heteroatoms. The first-order valence-electron chi connectivity index (χ1n) is 3.32. The van der Waals surface area contributed by atoms with Gasteiger partial charge in [-0.1, -0.05) is 6.07 Å². The topological polar surface area (TPSA) is 18.5 Å². The summed E-state index contributed by atoms with van der Waals surface area (Å²) in [7, 11) is 3.25. The number of ether oxygens (including phenoxy) is 2. The van der Waals surface area contributed by atoms with Gasteiger partial charge in [0.2, 0.25) is 0 Å². The van der Waals surface area contributed by atoms with Gasteiger partial charge in [0.1, 0.15) is 0 Å². The smallest absolute Gasteiger partial charge is 0.0759 e. The third-order valence-corrected chi connectivity index (χ3v) is 1.49. The summed E-state index contributed by atoms with van der Waals surface area (Å²) in [6.07, 6.45) is 0. The minimum Gasteiger partial charge on any atom is -0.554 e. The molecule has 0 unspecified atom stereocenters. The average Bonchev–Trinajstić information content (AvgIpc) is 2.04. The Hall–Kier alpha value is -0.207. The maximum absolute atomic E-state index is 5.03. The predicted molar refractivity (Wildman–Crippen MR) is 54.3 cm³/mol. The van der Waals surface area contributed by atoms with Crippen molar-refractivity contribution in [2.45, 2.75) is 0 Å². The number of halogens is 1. The summed E-state index contributed by atoms with van der Waals surface area (Å²) in [5, 5.41) is 0. The summed E-state index contributed by atoms with van der Waals surface area (Å²) in [5.74, 6) is 1.58. The molecular weight excluding hydrogens is 285 g/mol. The van der Waals surface area contributed by atoms with Crippen molar-refractivity contribution in [2.75, 3.05) is 14.2 Å². The van der Waals surface area contributed by atoms with Crippen LogP contribution in [0.1, 0.15) is 5.56 Å². The second-order valence-electron chi connectivity index (χ2n) is 2.18. The van der Waals surface area contributed by atoms with Gasteiger partial charge in [0.15, 0.2) is 0 Å². The van der Waals surface area contributed by atoms with Gasteiger partial charge in [-0.05, 0) is 6.07 Å². The van der Waals surface area contributed by atoms with Crippen LogP contribution in [0.2, 0.25) is 0 Å². The molecule has 0 aliphatic rings. The van der Waals surface area contributed by atoms with Gasteiger partial charge in [0.25, 0.3) is 0 Å². The van der Waals surface area contributed by atoms with Crippen LogP contribution >= 0.6 is 17.0 Å². The molecule has 0 spiro atoms. The van der Waals surface area contributed by atoms with Gasteiger partial charge in [0, 0.05) is 25.2 Å². The predicted octanol–water partition coefficient (Wildman–Crippen LogP) is 2.46. The Kier molecular flexibility index (Phi) is 8.48. The molecule has 0 heterocycles. The van der Waals surface area contributed by atoms with Crippen LogP contribution in [0, 0.1) is 6.92 Å². The Bertz CT molecular complexity index is 253. The fourth-order valence-electron chi connectivity index (χ4n) is 0.882. The summed E-state index contributed by atoms with van der Waals surface area (Å²) in [6, 6.07) is 5.51. The van der Waals surface area contributed by atoms with Crippen LogP contribution in [0.3, 0.4) is 0 Å². The molecule has 13 heavy (non-hydrogen) atoms. The minimum atomic E-state index is 0. The summed E-state index contributed by atoms with van der Waals surface area (Å²) in [4.78, 5) is 0. The molecule has 0 amide bonds. The molecule has 0 fully saturated rings. The van der Waals surface area contributed by atoms with Crippen molar-refractivity contribution in [3.63, 3.8) is 0 Å². The van der Waals surface area contributed by atoms with E-state index in [4.69, 9.17) is 9.47 Å². The molecule has 1 aromatic rings. The van der Waals surface area contributed by atoms with Crippen LogP contribution in [0.15, 0.2) is 18.2 Å². The summed E-state index contributed by atoms with van der Waals surface area (Å²) in [5.41, 5.74) is 0.840. The standard InChI is InChI=1S/C9H11O2.BrH.Zn/c1-7-6-8(10-2)4-5-9(7)11-3;;/h4-6H,1H2,2-3H3;1H;/q-1;;. The van der Waals surface area contributed by atoms with E-state index in [0.717, 1.165) is 17.1 Å². The van der Waals surface area contributed by atoms with E-state index in [1.165, 1.54) is 0 Å². The van der Waals surface area contributed by atoms with Crippen molar-refractivity contribution in [3.8, 4) is 11.5 Å². The van der Waals surface area contributed by atoms with Crippen molar-refractivity contribution < 1.29 is 29.0 Å². The van der Waals surface area contributed by atoms with E-state index in [2.05, 4.69) is 6.92 Å². The Morgan fingerprint density at radius 1 is 1.15 bits per heavy atom. The second kappa shape index (κ2) is 7.22. The van der Waals surface area contributed by atoms with Gasteiger partial charge in [-0.3, -0.25) is 0 Å². The Labute approximate surface area is 102 Å². The third kappa shape index (κ3) is 4.01. The van der Waals surface area contributed by atoms with Crippen molar-refractivity contribution in [3.05, 3.63) is 30.7 Å². The SMILES string of the molecule is Br.[CH2-]c1cc(OC)ccc1OC.[Zn]. The van der Waals surface area contributed by atoms with E-state index in [9.17, 15) is 0 Å². The maximum atomic E-state index is 5.03. The van der Waals surface area contributed by atoms with Crippen molar-refractivity contribution >= 4 is 17.0 Å². The van der Waals surface area contributed by atoms with Gasteiger partial charge >= 0.3 is 0 Å². The quantitative estimate of drug-likeness (QED) is 0.617. The summed E-state index contributed by atoms with van der Waals surface area (Å²) >= 11 is 0. The molecule has 1 rings (SSSR count). The second-order valence-corrected chi connectivity index (χ2v) is 2.18. The zero-order valence-corrected chi connectivity index (χ0v) is 12.6. The first-order chi connectivity index (χ1) is 5.27. The van der Waals surface area contributed by atoms with E-state index in [1.54, 1.807) is 14.2 Å². The average molecular weight is 297 g/mol. The van der Waals surface area contributed by atoms with Crippen molar-refractivity contribution in [1.29, 1.82) is 0 Å². The van der Waals surface area contributed by atoms with Crippen molar-refractivity contribution in [1.82, 2.24) is 0 Å².